The summed E-state index contributed by atoms with van der Waals surface area (Å²) in [6.07, 6.45) is 2.51. The van der Waals surface area contributed by atoms with E-state index in [0.717, 1.165) is 35.5 Å². The second-order valence-electron chi connectivity index (χ2n) is 6.78. The Morgan fingerprint density at radius 2 is 2.19 bits per heavy atom. The number of carbonyl (C=O) groups is 2. The van der Waals surface area contributed by atoms with Gasteiger partial charge in [-0.2, -0.15) is 0 Å². The van der Waals surface area contributed by atoms with Crippen LogP contribution in [0.3, 0.4) is 0 Å². The van der Waals surface area contributed by atoms with Gasteiger partial charge in [-0.15, -0.1) is 11.3 Å². The molecule has 1 fully saturated rings. The van der Waals surface area contributed by atoms with Gasteiger partial charge >= 0.3 is 0 Å². The van der Waals surface area contributed by atoms with Crippen molar-refractivity contribution in [2.45, 2.75) is 32.2 Å². The number of thiophene rings is 1. The van der Waals surface area contributed by atoms with E-state index >= 15 is 0 Å². The zero-order valence-corrected chi connectivity index (χ0v) is 15.9. The molecule has 1 atom stereocenters. The third kappa shape index (κ3) is 3.04. The smallest absolute Gasteiger partial charge is 0.295 e. The number of rotatable bonds is 5. The maximum atomic E-state index is 12.8. The molecule has 27 heavy (non-hydrogen) atoms. The number of unbranched alkanes of at least 4 members (excludes halogenated alkanes) is 1. The summed E-state index contributed by atoms with van der Waals surface area (Å²) >= 11 is 1.49. The molecule has 1 amide bonds. The third-order valence-electron chi connectivity index (χ3n) is 5.07. The van der Waals surface area contributed by atoms with Crippen molar-refractivity contribution in [2.75, 3.05) is 13.2 Å². The third-order valence-corrected chi connectivity index (χ3v) is 5.99. The van der Waals surface area contributed by atoms with E-state index in [1.165, 1.54) is 11.3 Å². The molecule has 3 heterocycles. The van der Waals surface area contributed by atoms with Crippen LogP contribution < -0.4 is 4.74 Å². The van der Waals surface area contributed by atoms with Crippen LogP contribution in [0.4, 0.5) is 0 Å². The Morgan fingerprint density at radius 1 is 1.33 bits per heavy atom. The standard InChI is InChI=1S/C21H21NO4S/c1-2-3-9-22-18(16-5-4-11-27-16)17(20(24)21(22)25)19(23)14-6-7-15-13(12-14)8-10-26-15/h4-7,11-12,18,23H,2-3,8-10H2,1H3/b19-17-. The minimum absolute atomic E-state index is 0.111. The number of benzene rings is 1. The van der Waals surface area contributed by atoms with Crippen LogP contribution in [0.1, 0.15) is 41.8 Å². The second kappa shape index (κ2) is 7.19. The van der Waals surface area contributed by atoms with Crippen molar-refractivity contribution in [1.29, 1.82) is 0 Å². The molecule has 6 heteroatoms. The number of Topliss-reactive ketones (excluding diaryl/α,β-unsaturated/α-hetero) is 1. The summed E-state index contributed by atoms with van der Waals surface area (Å²) in [6, 6.07) is 8.68. The molecule has 0 bridgehead atoms. The van der Waals surface area contributed by atoms with Gasteiger partial charge in [0.15, 0.2) is 0 Å². The van der Waals surface area contributed by atoms with Gasteiger partial charge in [0.1, 0.15) is 11.5 Å². The molecule has 1 N–H and O–H groups in total. The van der Waals surface area contributed by atoms with E-state index in [-0.39, 0.29) is 11.3 Å². The number of aliphatic hydroxyl groups is 1. The fraction of sp³-hybridized carbons (Fsp3) is 0.333. The van der Waals surface area contributed by atoms with Gasteiger partial charge in [-0.1, -0.05) is 19.4 Å². The molecule has 2 aromatic rings. The quantitative estimate of drug-likeness (QED) is 0.483. The maximum absolute atomic E-state index is 12.8. The number of ketones is 1. The predicted octanol–water partition coefficient (Wildman–Crippen LogP) is 3.90. The first-order chi connectivity index (χ1) is 13.1. The highest BCUT2D eigenvalue weighted by Gasteiger charge is 2.46. The van der Waals surface area contributed by atoms with Crippen molar-refractivity contribution in [2.24, 2.45) is 0 Å². The van der Waals surface area contributed by atoms with Crippen LogP contribution in [0, 0.1) is 0 Å². The summed E-state index contributed by atoms with van der Waals surface area (Å²) < 4.78 is 5.51. The summed E-state index contributed by atoms with van der Waals surface area (Å²) in [5.74, 6) is -0.447. The SMILES string of the molecule is CCCCN1C(=O)C(=O)/C(=C(\O)c2ccc3c(c2)CCO3)C1c1cccs1. The van der Waals surface area contributed by atoms with E-state index in [9.17, 15) is 14.7 Å². The molecule has 0 spiro atoms. The Kier molecular flexibility index (Phi) is 4.74. The first-order valence-corrected chi connectivity index (χ1v) is 10.1. The zero-order valence-electron chi connectivity index (χ0n) is 15.1. The van der Waals surface area contributed by atoms with Crippen molar-refractivity contribution < 1.29 is 19.4 Å². The number of aliphatic hydroxyl groups excluding tert-OH is 1. The minimum atomic E-state index is -0.612. The molecule has 1 aromatic heterocycles. The topological polar surface area (TPSA) is 66.8 Å². The number of amides is 1. The molecule has 2 aliphatic rings. The van der Waals surface area contributed by atoms with Crippen molar-refractivity contribution >= 4 is 28.8 Å². The number of hydrogen-bond acceptors (Lipinski definition) is 5. The van der Waals surface area contributed by atoms with Gasteiger partial charge < -0.3 is 14.7 Å². The fourth-order valence-corrected chi connectivity index (χ4v) is 4.52. The van der Waals surface area contributed by atoms with Gasteiger partial charge in [0.2, 0.25) is 0 Å². The van der Waals surface area contributed by atoms with E-state index in [2.05, 4.69) is 0 Å². The lowest BCUT2D eigenvalue weighted by atomic mass is 9.98. The number of fused-ring (bicyclic) bond motifs is 1. The Balaban J connectivity index is 1.81. The van der Waals surface area contributed by atoms with Crippen molar-refractivity contribution in [3.05, 3.63) is 57.3 Å². The van der Waals surface area contributed by atoms with Crippen LogP contribution in [0.2, 0.25) is 0 Å². The lowest BCUT2D eigenvalue weighted by Crippen LogP contribution is -2.30. The summed E-state index contributed by atoms with van der Waals surface area (Å²) in [6.45, 7) is 3.16. The molecule has 0 saturated carbocycles. The first-order valence-electron chi connectivity index (χ1n) is 9.19. The van der Waals surface area contributed by atoms with Crippen LogP contribution in [0.15, 0.2) is 41.3 Å². The van der Waals surface area contributed by atoms with Gasteiger partial charge in [-0.3, -0.25) is 9.59 Å². The molecule has 1 saturated heterocycles. The molecule has 0 radical (unpaired) electrons. The molecule has 4 rings (SSSR count). The minimum Gasteiger partial charge on any atom is -0.507 e. The number of hydrogen-bond donors (Lipinski definition) is 1. The Morgan fingerprint density at radius 3 is 2.93 bits per heavy atom. The predicted molar refractivity (Wildman–Crippen MR) is 104 cm³/mol. The van der Waals surface area contributed by atoms with Crippen LogP contribution in [0.5, 0.6) is 5.75 Å². The molecule has 5 nitrogen and oxygen atoms in total. The highest BCUT2D eigenvalue weighted by molar-refractivity contribution is 7.10. The van der Waals surface area contributed by atoms with E-state index < -0.39 is 17.7 Å². The van der Waals surface area contributed by atoms with E-state index in [4.69, 9.17) is 4.74 Å². The van der Waals surface area contributed by atoms with Crippen LogP contribution in [-0.4, -0.2) is 34.8 Å². The molecule has 1 unspecified atom stereocenters. The first kappa shape index (κ1) is 17.8. The van der Waals surface area contributed by atoms with Gasteiger partial charge in [0.05, 0.1) is 18.2 Å². The highest BCUT2D eigenvalue weighted by atomic mass is 32.1. The maximum Gasteiger partial charge on any atom is 0.295 e. The average molecular weight is 383 g/mol. The van der Waals surface area contributed by atoms with E-state index in [0.29, 0.717) is 18.7 Å². The Hall–Kier alpha value is -2.60. The number of nitrogens with zero attached hydrogens (tertiary/aromatic N) is 1. The summed E-state index contributed by atoms with van der Waals surface area (Å²) in [5, 5.41) is 12.9. The van der Waals surface area contributed by atoms with E-state index in [1.807, 2.05) is 36.6 Å². The Labute approximate surface area is 161 Å². The lowest BCUT2D eigenvalue weighted by molar-refractivity contribution is -0.139. The lowest BCUT2D eigenvalue weighted by Gasteiger charge is -2.23. The van der Waals surface area contributed by atoms with Gasteiger partial charge in [-0.25, -0.2) is 0 Å². The molecule has 0 aliphatic carbocycles. The summed E-state index contributed by atoms with van der Waals surface area (Å²) in [5.41, 5.74) is 1.73. The molecule has 1 aromatic carbocycles. The number of ether oxygens (including phenoxy) is 1. The fourth-order valence-electron chi connectivity index (χ4n) is 3.67. The number of carbonyl (C=O) groups excluding carboxylic acids is 2. The van der Waals surface area contributed by atoms with Crippen molar-refractivity contribution in [1.82, 2.24) is 4.90 Å². The van der Waals surface area contributed by atoms with Gasteiger partial charge in [-0.05, 0) is 41.6 Å². The zero-order chi connectivity index (χ0) is 19.0. The van der Waals surface area contributed by atoms with Crippen molar-refractivity contribution in [3.63, 3.8) is 0 Å². The van der Waals surface area contributed by atoms with Crippen LogP contribution in [0.25, 0.3) is 5.76 Å². The number of likely N-dealkylation sites (tertiary alicyclic amines) is 1. The molecular formula is C21H21NO4S. The average Bonchev–Trinajstić information content (AvgIpc) is 3.40. The molecule has 2 aliphatic heterocycles. The van der Waals surface area contributed by atoms with Crippen molar-refractivity contribution in [3.8, 4) is 5.75 Å². The normalized spacial score (nSPS) is 20.8. The molecular weight excluding hydrogens is 362 g/mol. The monoisotopic (exact) mass is 383 g/mol. The molecule has 140 valence electrons. The summed E-state index contributed by atoms with van der Waals surface area (Å²) in [4.78, 5) is 28.0. The summed E-state index contributed by atoms with van der Waals surface area (Å²) in [7, 11) is 0. The van der Waals surface area contributed by atoms with Crippen LogP contribution >= 0.6 is 11.3 Å². The second-order valence-corrected chi connectivity index (χ2v) is 7.76. The van der Waals surface area contributed by atoms with Gasteiger partial charge in [0.25, 0.3) is 11.7 Å². The highest BCUT2D eigenvalue weighted by Crippen LogP contribution is 2.41. The largest absolute Gasteiger partial charge is 0.507 e. The van der Waals surface area contributed by atoms with Crippen LogP contribution in [-0.2, 0) is 16.0 Å². The Bertz CT molecular complexity index is 916. The van der Waals surface area contributed by atoms with Gasteiger partial charge in [0, 0.05) is 23.4 Å². The van der Waals surface area contributed by atoms with E-state index in [1.54, 1.807) is 11.0 Å².